The number of nitro benzene ring substituents is 1. The van der Waals surface area contributed by atoms with E-state index in [2.05, 4.69) is 15.3 Å². The molecule has 0 spiro atoms. The number of hydrogen-bond donors (Lipinski definition) is 1. The monoisotopic (exact) mass is 285 g/mol. The lowest BCUT2D eigenvalue weighted by Crippen LogP contribution is -2.06. The van der Waals surface area contributed by atoms with Crippen LogP contribution in [0.4, 0.5) is 5.69 Å². The van der Waals surface area contributed by atoms with E-state index in [4.69, 9.17) is 0 Å². The number of benzene rings is 1. The van der Waals surface area contributed by atoms with Crippen LogP contribution in [0.2, 0.25) is 0 Å². The third-order valence-electron chi connectivity index (χ3n) is 3.33. The van der Waals surface area contributed by atoms with E-state index in [0.29, 0.717) is 22.3 Å². The Morgan fingerprint density at radius 1 is 1.33 bits per heavy atom. The maximum atomic E-state index is 11.9. The van der Waals surface area contributed by atoms with Crippen molar-refractivity contribution >= 4 is 16.5 Å². The van der Waals surface area contributed by atoms with E-state index in [1.54, 1.807) is 20.0 Å². The van der Waals surface area contributed by atoms with E-state index < -0.39 is 4.92 Å². The molecule has 0 saturated carbocycles. The highest BCUT2D eigenvalue weighted by Gasteiger charge is 2.19. The molecule has 0 atom stereocenters. The minimum Gasteiger partial charge on any atom is -0.329 e. The number of nitro groups is 1. The normalized spacial score (nSPS) is 11.0. The summed E-state index contributed by atoms with van der Waals surface area (Å²) >= 11 is 0. The van der Waals surface area contributed by atoms with E-state index in [9.17, 15) is 14.9 Å². The molecule has 8 heteroatoms. The summed E-state index contributed by atoms with van der Waals surface area (Å²) in [6, 6.07) is 4.58. The van der Waals surface area contributed by atoms with Crippen LogP contribution in [0.3, 0.4) is 0 Å². The molecule has 0 aliphatic heterocycles. The van der Waals surface area contributed by atoms with Crippen molar-refractivity contribution in [2.75, 3.05) is 0 Å². The SMILES string of the molecule is Cc1nnn(C)c1-c1cc([N+](=O)[O-])c2cc[nH]c(=O)c2c1. The Hall–Kier alpha value is -3.03. The second-order valence-electron chi connectivity index (χ2n) is 4.67. The number of rotatable bonds is 2. The highest BCUT2D eigenvalue weighted by molar-refractivity contribution is 5.94. The summed E-state index contributed by atoms with van der Waals surface area (Å²) in [5, 5.41) is 19.7. The number of hydrogen-bond acceptors (Lipinski definition) is 5. The summed E-state index contributed by atoms with van der Waals surface area (Å²) in [7, 11) is 1.70. The fraction of sp³-hybridized carbons (Fsp3) is 0.154. The van der Waals surface area contributed by atoms with Gasteiger partial charge in [-0.25, -0.2) is 4.68 Å². The third-order valence-corrected chi connectivity index (χ3v) is 3.33. The molecule has 0 radical (unpaired) electrons. The number of aromatic amines is 1. The quantitative estimate of drug-likeness (QED) is 0.567. The first-order chi connectivity index (χ1) is 9.99. The number of non-ortho nitro benzene ring substituents is 1. The number of nitrogens with zero attached hydrogens (tertiary/aromatic N) is 4. The zero-order chi connectivity index (χ0) is 15.1. The number of H-pyrrole nitrogens is 1. The van der Waals surface area contributed by atoms with E-state index in [-0.39, 0.29) is 16.6 Å². The standard InChI is InChI=1S/C13H11N5O3/c1-7-12(17(2)16-15-7)8-5-10-9(3-4-14-13(10)19)11(6-8)18(20)21/h3-6H,1-2H3,(H,14,19). The van der Waals surface area contributed by atoms with Gasteiger partial charge in [0.15, 0.2) is 0 Å². The van der Waals surface area contributed by atoms with Crippen LogP contribution in [0.1, 0.15) is 5.69 Å². The molecule has 3 aromatic rings. The maximum Gasteiger partial charge on any atom is 0.278 e. The topological polar surface area (TPSA) is 107 Å². The van der Waals surface area contributed by atoms with Crippen LogP contribution in [-0.4, -0.2) is 24.9 Å². The molecule has 2 heterocycles. The van der Waals surface area contributed by atoms with Crippen LogP contribution >= 0.6 is 0 Å². The lowest BCUT2D eigenvalue weighted by Gasteiger charge is -2.05. The summed E-state index contributed by atoms with van der Waals surface area (Å²) in [4.78, 5) is 25.2. The highest BCUT2D eigenvalue weighted by atomic mass is 16.6. The van der Waals surface area contributed by atoms with Gasteiger partial charge >= 0.3 is 0 Å². The largest absolute Gasteiger partial charge is 0.329 e. The molecule has 1 aromatic carbocycles. The first-order valence-corrected chi connectivity index (χ1v) is 6.15. The van der Waals surface area contributed by atoms with E-state index in [0.717, 1.165) is 0 Å². The maximum absolute atomic E-state index is 11.9. The van der Waals surface area contributed by atoms with Gasteiger partial charge in [-0.1, -0.05) is 5.21 Å². The molecule has 0 amide bonds. The molecule has 21 heavy (non-hydrogen) atoms. The molecular formula is C13H11N5O3. The van der Waals surface area contributed by atoms with Crippen LogP contribution in [0.15, 0.2) is 29.2 Å². The third kappa shape index (κ3) is 1.97. The van der Waals surface area contributed by atoms with Gasteiger partial charge in [0.25, 0.3) is 11.2 Å². The Morgan fingerprint density at radius 3 is 2.71 bits per heavy atom. The van der Waals surface area contributed by atoms with Gasteiger partial charge in [-0.15, -0.1) is 5.10 Å². The average Bonchev–Trinajstić information content (AvgIpc) is 2.77. The average molecular weight is 285 g/mol. The number of nitrogens with one attached hydrogen (secondary N) is 1. The smallest absolute Gasteiger partial charge is 0.278 e. The first-order valence-electron chi connectivity index (χ1n) is 6.15. The lowest BCUT2D eigenvalue weighted by atomic mass is 10.0. The van der Waals surface area contributed by atoms with Crippen molar-refractivity contribution in [2.24, 2.45) is 7.05 Å². The fourth-order valence-electron chi connectivity index (χ4n) is 2.42. The van der Waals surface area contributed by atoms with Crippen molar-refractivity contribution in [1.82, 2.24) is 20.0 Å². The van der Waals surface area contributed by atoms with E-state index >= 15 is 0 Å². The van der Waals surface area contributed by atoms with Gasteiger partial charge < -0.3 is 4.98 Å². The van der Waals surface area contributed by atoms with Crippen molar-refractivity contribution in [3.05, 3.63) is 50.6 Å². The van der Waals surface area contributed by atoms with Crippen molar-refractivity contribution in [3.8, 4) is 11.3 Å². The molecule has 2 aromatic heterocycles. The summed E-state index contributed by atoms with van der Waals surface area (Å²) < 4.78 is 1.53. The van der Waals surface area contributed by atoms with E-state index in [1.165, 1.54) is 23.0 Å². The number of fused-ring (bicyclic) bond motifs is 1. The highest BCUT2D eigenvalue weighted by Crippen LogP contribution is 2.31. The summed E-state index contributed by atoms with van der Waals surface area (Å²) in [6.45, 7) is 1.76. The van der Waals surface area contributed by atoms with Crippen molar-refractivity contribution in [3.63, 3.8) is 0 Å². The van der Waals surface area contributed by atoms with Gasteiger partial charge in [0.1, 0.15) is 0 Å². The number of pyridine rings is 1. The predicted octanol–water partition coefficient (Wildman–Crippen LogP) is 1.54. The Morgan fingerprint density at radius 2 is 2.10 bits per heavy atom. The molecule has 3 rings (SSSR count). The lowest BCUT2D eigenvalue weighted by molar-refractivity contribution is -0.383. The Bertz CT molecular complexity index is 906. The summed E-state index contributed by atoms with van der Waals surface area (Å²) in [6.07, 6.45) is 1.40. The predicted molar refractivity (Wildman–Crippen MR) is 76.0 cm³/mol. The molecule has 0 aliphatic carbocycles. The molecule has 106 valence electrons. The number of aryl methyl sites for hydroxylation is 2. The molecule has 0 unspecified atom stereocenters. The number of aromatic nitrogens is 4. The molecule has 0 aliphatic rings. The van der Waals surface area contributed by atoms with Crippen molar-refractivity contribution in [2.45, 2.75) is 6.92 Å². The molecule has 0 saturated heterocycles. The minimum absolute atomic E-state index is 0.116. The zero-order valence-electron chi connectivity index (χ0n) is 11.3. The van der Waals surface area contributed by atoms with Crippen molar-refractivity contribution < 1.29 is 4.92 Å². The second-order valence-corrected chi connectivity index (χ2v) is 4.67. The minimum atomic E-state index is -0.496. The van der Waals surface area contributed by atoms with Gasteiger partial charge in [0, 0.05) is 24.9 Å². The Kier molecular flexibility index (Phi) is 2.79. The zero-order valence-corrected chi connectivity index (χ0v) is 11.3. The van der Waals surface area contributed by atoms with Gasteiger partial charge in [-0.3, -0.25) is 14.9 Å². The summed E-state index contributed by atoms with van der Waals surface area (Å²) in [5.41, 5.74) is 1.33. The van der Waals surface area contributed by atoms with Gasteiger partial charge in [-0.05, 0) is 19.1 Å². The van der Waals surface area contributed by atoms with Gasteiger partial charge in [-0.2, -0.15) is 0 Å². The summed E-state index contributed by atoms with van der Waals surface area (Å²) in [5.74, 6) is 0. The molecule has 0 bridgehead atoms. The molecule has 1 N–H and O–H groups in total. The Labute approximate surface area is 118 Å². The van der Waals surface area contributed by atoms with Crippen LogP contribution in [0.25, 0.3) is 22.0 Å². The molecular weight excluding hydrogens is 274 g/mol. The molecule has 8 nitrogen and oxygen atoms in total. The van der Waals surface area contributed by atoms with Crippen LogP contribution in [0.5, 0.6) is 0 Å². The van der Waals surface area contributed by atoms with Gasteiger partial charge in [0.2, 0.25) is 0 Å². The van der Waals surface area contributed by atoms with Crippen LogP contribution in [-0.2, 0) is 7.05 Å². The van der Waals surface area contributed by atoms with Crippen LogP contribution < -0.4 is 5.56 Å². The van der Waals surface area contributed by atoms with Crippen molar-refractivity contribution in [1.29, 1.82) is 0 Å². The van der Waals surface area contributed by atoms with Crippen LogP contribution in [0, 0.1) is 17.0 Å². The Balaban J connectivity index is 2.44. The molecule has 0 fully saturated rings. The van der Waals surface area contributed by atoms with Gasteiger partial charge in [0.05, 0.1) is 27.1 Å². The second kappa shape index (κ2) is 4.51. The van der Waals surface area contributed by atoms with E-state index in [1.807, 2.05) is 0 Å². The fourth-order valence-corrected chi connectivity index (χ4v) is 2.42. The first kappa shape index (κ1) is 13.0.